The lowest BCUT2D eigenvalue weighted by Crippen LogP contribution is -2.04. The van der Waals surface area contributed by atoms with E-state index in [1.54, 1.807) is 14.2 Å². The smallest absolute Gasteiger partial charge is 0.165 e. The number of methoxy groups -OCH3 is 2. The predicted molar refractivity (Wildman–Crippen MR) is 83.1 cm³/mol. The highest BCUT2D eigenvalue weighted by atomic mass is 35.5. The molecule has 1 N–H and O–H groups in total. The second-order valence-electron chi connectivity index (χ2n) is 4.47. The van der Waals surface area contributed by atoms with E-state index in [0.29, 0.717) is 6.54 Å². The molecule has 0 aliphatic carbocycles. The molecule has 106 valence electrons. The first kappa shape index (κ1) is 14.5. The van der Waals surface area contributed by atoms with E-state index < -0.39 is 0 Å². The maximum absolute atomic E-state index is 5.96. The molecule has 0 amide bonds. The second kappa shape index (κ2) is 6.53. The molecule has 3 nitrogen and oxygen atoms in total. The first-order chi connectivity index (χ1) is 9.65. The van der Waals surface area contributed by atoms with Gasteiger partial charge in [-0.1, -0.05) is 23.7 Å². The van der Waals surface area contributed by atoms with Crippen molar-refractivity contribution >= 4 is 17.3 Å². The van der Waals surface area contributed by atoms with E-state index in [4.69, 9.17) is 21.1 Å². The zero-order valence-electron chi connectivity index (χ0n) is 11.9. The van der Waals surface area contributed by atoms with Gasteiger partial charge in [0.1, 0.15) is 0 Å². The van der Waals surface area contributed by atoms with Gasteiger partial charge >= 0.3 is 0 Å². The van der Waals surface area contributed by atoms with Crippen LogP contribution in [-0.2, 0) is 6.54 Å². The average Bonchev–Trinajstić information content (AvgIpc) is 2.45. The van der Waals surface area contributed by atoms with Crippen LogP contribution in [0.5, 0.6) is 11.5 Å². The summed E-state index contributed by atoms with van der Waals surface area (Å²) in [5, 5.41) is 4.13. The molecule has 0 heterocycles. The van der Waals surface area contributed by atoms with E-state index >= 15 is 0 Å². The van der Waals surface area contributed by atoms with E-state index in [2.05, 4.69) is 5.32 Å². The van der Waals surface area contributed by atoms with Gasteiger partial charge in [0.15, 0.2) is 11.5 Å². The predicted octanol–water partition coefficient (Wildman–Crippen LogP) is 4.28. The Labute approximate surface area is 124 Å². The van der Waals surface area contributed by atoms with Gasteiger partial charge < -0.3 is 14.8 Å². The Hall–Kier alpha value is -1.87. The molecule has 0 aliphatic rings. The summed E-state index contributed by atoms with van der Waals surface area (Å²) in [6, 6.07) is 11.6. The molecule has 2 aromatic rings. The molecule has 2 rings (SSSR count). The molecule has 20 heavy (non-hydrogen) atoms. The Morgan fingerprint density at radius 1 is 1.10 bits per heavy atom. The van der Waals surface area contributed by atoms with E-state index in [0.717, 1.165) is 33.3 Å². The van der Waals surface area contributed by atoms with Crippen molar-refractivity contribution in [3.8, 4) is 11.5 Å². The molecule has 0 spiro atoms. The van der Waals surface area contributed by atoms with Gasteiger partial charge in [-0.3, -0.25) is 0 Å². The van der Waals surface area contributed by atoms with Crippen molar-refractivity contribution in [2.75, 3.05) is 19.5 Å². The van der Waals surface area contributed by atoms with Crippen molar-refractivity contribution in [3.63, 3.8) is 0 Å². The minimum Gasteiger partial charge on any atom is -0.493 e. The maximum atomic E-state index is 5.96. The highest BCUT2D eigenvalue weighted by Crippen LogP contribution is 2.31. The summed E-state index contributed by atoms with van der Waals surface area (Å²) in [4.78, 5) is 0. The fraction of sp³-hybridized carbons (Fsp3) is 0.250. The zero-order valence-corrected chi connectivity index (χ0v) is 12.6. The maximum Gasteiger partial charge on any atom is 0.165 e. The van der Waals surface area contributed by atoms with Crippen LogP contribution in [0.15, 0.2) is 36.4 Å². The minimum atomic E-state index is 0.656. The van der Waals surface area contributed by atoms with Crippen LogP contribution in [0.25, 0.3) is 0 Å². The van der Waals surface area contributed by atoms with Gasteiger partial charge in [-0.15, -0.1) is 0 Å². The van der Waals surface area contributed by atoms with Gasteiger partial charge in [-0.25, -0.2) is 0 Å². The number of para-hydroxylation sites is 1. The number of hydrogen-bond acceptors (Lipinski definition) is 3. The van der Waals surface area contributed by atoms with Crippen LogP contribution in [0.3, 0.4) is 0 Å². The van der Waals surface area contributed by atoms with Crippen molar-refractivity contribution in [1.82, 2.24) is 0 Å². The SMILES string of the molecule is COc1cccc(CNc2ccc(Cl)cc2C)c1OC. The molecular weight excluding hydrogens is 274 g/mol. The summed E-state index contributed by atoms with van der Waals surface area (Å²) in [6.07, 6.45) is 0. The molecule has 2 aromatic carbocycles. The highest BCUT2D eigenvalue weighted by molar-refractivity contribution is 6.30. The fourth-order valence-electron chi connectivity index (χ4n) is 2.11. The van der Waals surface area contributed by atoms with Gasteiger partial charge in [-0.2, -0.15) is 0 Å². The Morgan fingerprint density at radius 3 is 2.55 bits per heavy atom. The van der Waals surface area contributed by atoms with E-state index in [1.165, 1.54) is 0 Å². The van der Waals surface area contributed by atoms with Crippen molar-refractivity contribution < 1.29 is 9.47 Å². The van der Waals surface area contributed by atoms with Crippen LogP contribution < -0.4 is 14.8 Å². The van der Waals surface area contributed by atoms with Gasteiger partial charge in [0.25, 0.3) is 0 Å². The Balaban J connectivity index is 2.18. The van der Waals surface area contributed by atoms with Crippen molar-refractivity contribution in [2.24, 2.45) is 0 Å². The molecule has 0 fully saturated rings. The topological polar surface area (TPSA) is 30.5 Å². The summed E-state index contributed by atoms with van der Waals surface area (Å²) in [5.74, 6) is 1.49. The normalized spacial score (nSPS) is 10.2. The molecule has 0 radical (unpaired) electrons. The Kier molecular flexibility index (Phi) is 4.74. The van der Waals surface area contributed by atoms with Gasteiger partial charge in [0.2, 0.25) is 0 Å². The van der Waals surface area contributed by atoms with Crippen molar-refractivity contribution in [3.05, 3.63) is 52.5 Å². The molecule has 0 atom stereocenters. The molecule has 0 saturated carbocycles. The summed E-state index contributed by atoms with van der Waals surface area (Å²) in [7, 11) is 3.29. The lowest BCUT2D eigenvalue weighted by molar-refractivity contribution is 0.352. The zero-order chi connectivity index (χ0) is 14.5. The Morgan fingerprint density at radius 2 is 1.90 bits per heavy atom. The lowest BCUT2D eigenvalue weighted by atomic mass is 10.1. The molecule has 0 unspecified atom stereocenters. The molecule has 0 aromatic heterocycles. The van der Waals surface area contributed by atoms with Crippen LogP contribution >= 0.6 is 11.6 Å². The fourth-order valence-corrected chi connectivity index (χ4v) is 2.34. The number of nitrogens with one attached hydrogen (secondary N) is 1. The third-order valence-corrected chi connectivity index (χ3v) is 3.38. The number of hydrogen-bond donors (Lipinski definition) is 1. The van der Waals surface area contributed by atoms with Crippen LogP contribution in [0.2, 0.25) is 5.02 Å². The molecular formula is C16H18ClNO2. The van der Waals surface area contributed by atoms with Crippen molar-refractivity contribution in [1.29, 1.82) is 0 Å². The number of ether oxygens (including phenoxy) is 2. The largest absolute Gasteiger partial charge is 0.493 e. The standard InChI is InChI=1S/C16H18ClNO2/c1-11-9-13(17)7-8-14(11)18-10-12-5-4-6-15(19-2)16(12)20-3/h4-9,18H,10H2,1-3H3. The van der Waals surface area contributed by atoms with Gasteiger partial charge in [0, 0.05) is 22.8 Å². The highest BCUT2D eigenvalue weighted by Gasteiger charge is 2.09. The number of rotatable bonds is 5. The number of halogens is 1. The molecule has 0 bridgehead atoms. The molecule has 0 saturated heterocycles. The first-order valence-electron chi connectivity index (χ1n) is 6.35. The first-order valence-corrected chi connectivity index (χ1v) is 6.73. The summed E-state index contributed by atoms with van der Waals surface area (Å²) < 4.78 is 10.7. The van der Waals surface area contributed by atoms with Crippen molar-refractivity contribution in [2.45, 2.75) is 13.5 Å². The number of aryl methyl sites for hydroxylation is 1. The lowest BCUT2D eigenvalue weighted by Gasteiger charge is -2.14. The molecule has 4 heteroatoms. The Bertz CT molecular complexity index is 599. The van der Waals surface area contributed by atoms with Gasteiger partial charge in [-0.05, 0) is 36.8 Å². The average molecular weight is 292 g/mol. The quantitative estimate of drug-likeness (QED) is 0.892. The summed E-state index contributed by atoms with van der Waals surface area (Å²) in [5.41, 5.74) is 3.21. The van der Waals surface area contributed by atoms with E-state index in [1.807, 2.05) is 43.3 Å². The third kappa shape index (κ3) is 3.17. The van der Waals surface area contributed by atoms with Crippen LogP contribution in [0, 0.1) is 6.92 Å². The number of benzene rings is 2. The number of anilines is 1. The summed E-state index contributed by atoms with van der Waals surface area (Å²) in [6.45, 7) is 2.68. The van der Waals surface area contributed by atoms with Crippen LogP contribution in [0.4, 0.5) is 5.69 Å². The van der Waals surface area contributed by atoms with E-state index in [-0.39, 0.29) is 0 Å². The second-order valence-corrected chi connectivity index (χ2v) is 4.90. The third-order valence-electron chi connectivity index (χ3n) is 3.14. The van der Waals surface area contributed by atoms with Crippen LogP contribution in [-0.4, -0.2) is 14.2 Å². The molecule has 0 aliphatic heterocycles. The van der Waals surface area contributed by atoms with Gasteiger partial charge in [0.05, 0.1) is 14.2 Å². The van der Waals surface area contributed by atoms with E-state index in [9.17, 15) is 0 Å². The monoisotopic (exact) mass is 291 g/mol. The van der Waals surface area contributed by atoms with Crippen LogP contribution in [0.1, 0.15) is 11.1 Å². The summed E-state index contributed by atoms with van der Waals surface area (Å²) >= 11 is 5.96. The minimum absolute atomic E-state index is 0.656.